The molecule has 0 aromatic heterocycles. The molecular weight excluding hydrogens is 369 g/mol. The number of nitrogens with zero attached hydrogens (tertiary/aromatic N) is 1. The van der Waals surface area contributed by atoms with E-state index < -0.39 is 0 Å². The molecule has 2 aromatic carbocycles. The Labute approximate surface area is 141 Å². The van der Waals surface area contributed by atoms with Gasteiger partial charge in [-0.05, 0) is 73.5 Å². The van der Waals surface area contributed by atoms with E-state index in [-0.39, 0.29) is 0 Å². The number of anilines is 2. The number of aryl methyl sites for hydroxylation is 3. The minimum Gasteiger partial charge on any atom is -0.328 e. The zero-order valence-electron chi connectivity index (χ0n) is 13.0. The summed E-state index contributed by atoms with van der Waals surface area (Å²) in [6.07, 6.45) is 0. The number of hydrogen-bond donors (Lipinski definition) is 0. The normalized spacial score (nSPS) is 9.95. The molecule has 108 valence electrons. The lowest BCUT2D eigenvalue weighted by Crippen LogP contribution is -2.20. The Bertz CT molecular complexity index is 684. The van der Waals surface area contributed by atoms with Crippen molar-refractivity contribution in [2.75, 3.05) is 11.4 Å². The molecule has 0 N–H and O–H groups in total. The number of halogens is 1. The lowest BCUT2D eigenvalue weighted by Gasteiger charge is -2.27. The van der Waals surface area contributed by atoms with Crippen LogP contribution in [0.1, 0.15) is 23.6 Å². The zero-order chi connectivity index (χ0) is 15.4. The van der Waals surface area contributed by atoms with E-state index in [1.54, 1.807) is 0 Å². The standard InChI is InChI=1S/C19H20IN/c1-5-6-11-21(18-10-8-7-9-17(18)20)19-15(3)12-14(2)13-16(19)4/h7-10,12-13H,11H2,1-4H3. The second kappa shape index (κ2) is 7.00. The van der Waals surface area contributed by atoms with Crippen molar-refractivity contribution in [1.82, 2.24) is 0 Å². The lowest BCUT2D eigenvalue weighted by molar-refractivity contribution is 1.08. The molecule has 0 saturated heterocycles. The third kappa shape index (κ3) is 3.59. The third-order valence-electron chi connectivity index (χ3n) is 3.46. The molecule has 0 amide bonds. The van der Waals surface area contributed by atoms with E-state index in [0.29, 0.717) is 6.54 Å². The molecule has 0 spiro atoms. The van der Waals surface area contributed by atoms with Crippen molar-refractivity contribution in [2.45, 2.75) is 27.7 Å². The van der Waals surface area contributed by atoms with Crippen molar-refractivity contribution >= 4 is 34.0 Å². The molecule has 0 unspecified atom stereocenters. The van der Waals surface area contributed by atoms with Crippen LogP contribution >= 0.6 is 22.6 Å². The fraction of sp³-hybridized carbons (Fsp3) is 0.263. The van der Waals surface area contributed by atoms with Gasteiger partial charge in [-0.25, -0.2) is 0 Å². The van der Waals surface area contributed by atoms with Gasteiger partial charge in [0.1, 0.15) is 0 Å². The van der Waals surface area contributed by atoms with Crippen LogP contribution in [-0.2, 0) is 0 Å². The van der Waals surface area contributed by atoms with Crippen molar-refractivity contribution in [3.05, 3.63) is 56.7 Å². The van der Waals surface area contributed by atoms with Gasteiger partial charge < -0.3 is 4.90 Å². The summed E-state index contributed by atoms with van der Waals surface area (Å²) < 4.78 is 1.24. The van der Waals surface area contributed by atoms with Crippen LogP contribution in [0.4, 0.5) is 11.4 Å². The first-order valence-corrected chi connectivity index (χ1v) is 8.12. The molecule has 2 rings (SSSR count). The van der Waals surface area contributed by atoms with Crippen LogP contribution in [-0.4, -0.2) is 6.54 Å². The van der Waals surface area contributed by atoms with Crippen LogP contribution in [0, 0.1) is 36.2 Å². The molecule has 1 nitrogen and oxygen atoms in total. The highest BCUT2D eigenvalue weighted by molar-refractivity contribution is 14.1. The second-order valence-electron chi connectivity index (χ2n) is 5.21. The van der Waals surface area contributed by atoms with Gasteiger partial charge in [0.2, 0.25) is 0 Å². The van der Waals surface area contributed by atoms with Gasteiger partial charge in [0.25, 0.3) is 0 Å². The van der Waals surface area contributed by atoms with Gasteiger partial charge in [-0.3, -0.25) is 0 Å². The van der Waals surface area contributed by atoms with Gasteiger partial charge in [-0.1, -0.05) is 35.7 Å². The Balaban J connectivity index is 2.61. The van der Waals surface area contributed by atoms with Crippen LogP contribution in [0.2, 0.25) is 0 Å². The average Bonchev–Trinajstić information content (AvgIpc) is 2.42. The maximum atomic E-state index is 3.21. The first kappa shape index (κ1) is 15.9. The van der Waals surface area contributed by atoms with Gasteiger partial charge in [0, 0.05) is 9.26 Å². The summed E-state index contributed by atoms with van der Waals surface area (Å²) in [5.41, 5.74) is 6.39. The predicted octanol–water partition coefficient (Wildman–Crippen LogP) is 5.38. The summed E-state index contributed by atoms with van der Waals surface area (Å²) in [5.74, 6) is 6.23. The molecule has 0 saturated carbocycles. The highest BCUT2D eigenvalue weighted by Crippen LogP contribution is 2.34. The zero-order valence-corrected chi connectivity index (χ0v) is 15.2. The number of benzene rings is 2. The summed E-state index contributed by atoms with van der Waals surface area (Å²) in [5, 5.41) is 0. The Morgan fingerprint density at radius 1 is 1.05 bits per heavy atom. The van der Waals surface area contributed by atoms with Crippen molar-refractivity contribution in [3.63, 3.8) is 0 Å². The van der Waals surface area contributed by atoms with E-state index in [1.165, 1.54) is 31.6 Å². The molecule has 21 heavy (non-hydrogen) atoms. The van der Waals surface area contributed by atoms with Gasteiger partial charge in [0.15, 0.2) is 0 Å². The second-order valence-corrected chi connectivity index (χ2v) is 6.37. The molecule has 0 aliphatic carbocycles. The topological polar surface area (TPSA) is 3.24 Å². The van der Waals surface area contributed by atoms with Crippen molar-refractivity contribution in [1.29, 1.82) is 0 Å². The van der Waals surface area contributed by atoms with Gasteiger partial charge >= 0.3 is 0 Å². The molecule has 0 aliphatic heterocycles. The van der Waals surface area contributed by atoms with Gasteiger partial charge in [-0.15, -0.1) is 5.92 Å². The van der Waals surface area contributed by atoms with Crippen LogP contribution < -0.4 is 4.90 Å². The van der Waals surface area contributed by atoms with Crippen LogP contribution in [0.5, 0.6) is 0 Å². The lowest BCUT2D eigenvalue weighted by atomic mass is 10.0. The summed E-state index contributed by atoms with van der Waals surface area (Å²) >= 11 is 2.39. The molecule has 2 heteroatoms. The predicted molar refractivity (Wildman–Crippen MR) is 100 cm³/mol. The van der Waals surface area contributed by atoms with Crippen LogP contribution in [0.25, 0.3) is 0 Å². The maximum Gasteiger partial charge on any atom is 0.0843 e. The molecule has 0 aliphatic rings. The first-order valence-electron chi connectivity index (χ1n) is 7.04. The SMILES string of the molecule is CC#CCN(c1ccccc1I)c1c(C)cc(C)cc1C. The molecule has 0 heterocycles. The van der Waals surface area contributed by atoms with E-state index in [9.17, 15) is 0 Å². The van der Waals surface area contributed by atoms with E-state index in [4.69, 9.17) is 0 Å². The van der Waals surface area contributed by atoms with Crippen molar-refractivity contribution in [2.24, 2.45) is 0 Å². The Kier molecular flexibility index (Phi) is 5.30. The van der Waals surface area contributed by atoms with Gasteiger partial charge in [-0.2, -0.15) is 0 Å². The van der Waals surface area contributed by atoms with E-state index in [1.807, 2.05) is 6.92 Å². The van der Waals surface area contributed by atoms with E-state index in [0.717, 1.165) is 0 Å². The van der Waals surface area contributed by atoms with Crippen molar-refractivity contribution in [3.8, 4) is 11.8 Å². The molecule has 2 aromatic rings. The molecular formula is C19H20IN. The highest BCUT2D eigenvalue weighted by Gasteiger charge is 2.15. The third-order valence-corrected chi connectivity index (χ3v) is 4.37. The average molecular weight is 389 g/mol. The highest BCUT2D eigenvalue weighted by atomic mass is 127. The molecule has 0 bridgehead atoms. The maximum absolute atomic E-state index is 3.21. The minimum atomic E-state index is 0.710. The van der Waals surface area contributed by atoms with E-state index >= 15 is 0 Å². The van der Waals surface area contributed by atoms with Crippen LogP contribution in [0.15, 0.2) is 36.4 Å². The first-order chi connectivity index (χ1) is 10.0. The summed E-state index contributed by atoms with van der Waals surface area (Å²) in [6, 6.07) is 12.9. The number of rotatable bonds is 3. The summed E-state index contributed by atoms with van der Waals surface area (Å²) in [6.45, 7) is 9.10. The fourth-order valence-electron chi connectivity index (χ4n) is 2.71. The molecule has 0 atom stereocenters. The number of para-hydroxylation sites is 1. The van der Waals surface area contributed by atoms with Crippen LogP contribution in [0.3, 0.4) is 0 Å². The van der Waals surface area contributed by atoms with Crippen molar-refractivity contribution < 1.29 is 0 Å². The Morgan fingerprint density at radius 3 is 2.24 bits per heavy atom. The monoisotopic (exact) mass is 389 g/mol. The molecule has 0 radical (unpaired) electrons. The quantitative estimate of drug-likeness (QED) is 0.504. The smallest absolute Gasteiger partial charge is 0.0843 e. The van der Waals surface area contributed by atoms with Gasteiger partial charge in [0.05, 0.1) is 12.2 Å². The Hall–Kier alpha value is -1.47. The summed E-state index contributed by atoms with van der Waals surface area (Å²) in [4.78, 5) is 2.32. The Morgan fingerprint density at radius 2 is 1.67 bits per heavy atom. The molecule has 0 fully saturated rings. The fourth-order valence-corrected chi connectivity index (χ4v) is 3.39. The van der Waals surface area contributed by atoms with E-state index in [2.05, 4.69) is 96.5 Å². The largest absolute Gasteiger partial charge is 0.328 e. The number of hydrogen-bond acceptors (Lipinski definition) is 1. The summed E-state index contributed by atoms with van der Waals surface area (Å²) in [7, 11) is 0. The minimum absolute atomic E-state index is 0.710.